The van der Waals surface area contributed by atoms with Gasteiger partial charge in [-0.15, -0.1) is 0 Å². The smallest absolute Gasteiger partial charge is 0.292 e. The molecule has 0 bridgehead atoms. The van der Waals surface area contributed by atoms with Crippen LogP contribution in [0.2, 0.25) is 0 Å². The van der Waals surface area contributed by atoms with Crippen molar-refractivity contribution in [3.8, 4) is 0 Å². The third-order valence-electron chi connectivity index (χ3n) is 4.02. The van der Waals surface area contributed by atoms with E-state index in [2.05, 4.69) is 10.2 Å². The first-order valence-corrected chi connectivity index (χ1v) is 7.43. The van der Waals surface area contributed by atoms with E-state index < -0.39 is 0 Å². The van der Waals surface area contributed by atoms with E-state index in [9.17, 15) is 15.2 Å². The van der Waals surface area contributed by atoms with Crippen LogP contribution in [0.4, 0.5) is 11.4 Å². The normalized spacial score (nSPS) is 23.0. The average Bonchev–Trinajstić information content (AvgIpc) is 2.44. The van der Waals surface area contributed by atoms with Crippen molar-refractivity contribution in [2.45, 2.75) is 32.9 Å². The van der Waals surface area contributed by atoms with Gasteiger partial charge in [0.05, 0.1) is 11.0 Å². The maximum absolute atomic E-state index is 11.2. The Labute approximate surface area is 124 Å². The lowest BCUT2D eigenvalue weighted by atomic mass is 9.96. The number of hydrogen-bond acceptors (Lipinski definition) is 5. The third-order valence-corrected chi connectivity index (χ3v) is 4.02. The highest BCUT2D eigenvalue weighted by molar-refractivity contribution is 5.66. The number of para-hydroxylation sites is 1. The van der Waals surface area contributed by atoms with Gasteiger partial charge in [0.25, 0.3) is 5.69 Å². The molecule has 0 aliphatic carbocycles. The Morgan fingerprint density at radius 1 is 1.52 bits per heavy atom. The van der Waals surface area contributed by atoms with E-state index >= 15 is 0 Å². The molecule has 1 aromatic rings. The monoisotopic (exact) mass is 293 g/mol. The van der Waals surface area contributed by atoms with Gasteiger partial charge in [0.1, 0.15) is 5.69 Å². The molecule has 0 radical (unpaired) electrons. The Morgan fingerprint density at radius 2 is 2.29 bits per heavy atom. The predicted octanol–water partition coefficient (Wildman–Crippen LogP) is 2.23. The quantitative estimate of drug-likeness (QED) is 0.643. The first-order chi connectivity index (χ1) is 10.0. The summed E-state index contributed by atoms with van der Waals surface area (Å²) in [5.74, 6) is 0.236. The maximum atomic E-state index is 11.2. The number of nitro benzene ring substituents is 1. The molecule has 1 saturated heterocycles. The molecule has 6 heteroatoms. The number of aliphatic hydroxyl groups excluding tert-OH is 1. The highest BCUT2D eigenvalue weighted by Crippen LogP contribution is 2.30. The number of likely N-dealkylation sites (tertiary alicyclic amines) is 1. The Kier molecular flexibility index (Phi) is 5.14. The molecule has 0 spiro atoms. The van der Waals surface area contributed by atoms with Crippen LogP contribution < -0.4 is 5.32 Å². The summed E-state index contributed by atoms with van der Waals surface area (Å²) >= 11 is 0. The van der Waals surface area contributed by atoms with E-state index in [4.69, 9.17) is 0 Å². The van der Waals surface area contributed by atoms with Crippen molar-refractivity contribution in [1.29, 1.82) is 0 Å². The van der Waals surface area contributed by atoms with Gasteiger partial charge in [0.2, 0.25) is 0 Å². The second kappa shape index (κ2) is 6.87. The fourth-order valence-corrected chi connectivity index (χ4v) is 2.86. The number of benzene rings is 1. The van der Waals surface area contributed by atoms with Gasteiger partial charge in [-0.3, -0.25) is 15.0 Å². The van der Waals surface area contributed by atoms with Crippen molar-refractivity contribution in [2.24, 2.45) is 5.92 Å². The highest BCUT2D eigenvalue weighted by Gasteiger charge is 2.25. The van der Waals surface area contributed by atoms with Crippen molar-refractivity contribution in [1.82, 2.24) is 4.90 Å². The molecule has 0 amide bonds. The molecule has 1 aliphatic rings. The Balaban J connectivity index is 2.19. The molecule has 1 fully saturated rings. The lowest BCUT2D eigenvalue weighted by molar-refractivity contribution is -0.384. The minimum atomic E-state index is -0.343. The van der Waals surface area contributed by atoms with E-state index in [0.717, 1.165) is 25.1 Å². The zero-order chi connectivity index (χ0) is 15.4. The van der Waals surface area contributed by atoms with Crippen LogP contribution in [0.1, 0.15) is 25.8 Å². The fraction of sp³-hybridized carbons (Fsp3) is 0.600. The van der Waals surface area contributed by atoms with E-state index in [1.807, 2.05) is 19.9 Å². The van der Waals surface area contributed by atoms with E-state index in [1.165, 1.54) is 6.07 Å². The molecule has 2 atom stereocenters. The van der Waals surface area contributed by atoms with Gasteiger partial charge in [0, 0.05) is 32.2 Å². The number of piperidine rings is 1. The Morgan fingerprint density at radius 3 is 2.90 bits per heavy atom. The number of nitrogens with one attached hydrogen (secondary N) is 1. The minimum absolute atomic E-state index is 0.124. The number of hydrogen-bond donors (Lipinski definition) is 2. The SMILES string of the molecule is CCNc1c(CN2CCC(O)C(C)C2)cccc1[N+](=O)[O-]. The number of nitro groups is 1. The van der Waals surface area contributed by atoms with Crippen molar-refractivity contribution in [3.05, 3.63) is 33.9 Å². The number of aliphatic hydroxyl groups is 1. The topological polar surface area (TPSA) is 78.6 Å². The Bertz CT molecular complexity index is 507. The molecule has 6 nitrogen and oxygen atoms in total. The zero-order valence-corrected chi connectivity index (χ0v) is 12.6. The van der Waals surface area contributed by atoms with Crippen LogP contribution in [0, 0.1) is 16.0 Å². The number of rotatable bonds is 5. The third kappa shape index (κ3) is 3.71. The van der Waals surface area contributed by atoms with Crippen LogP contribution in [-0.4, -0.2) is 40.7 Å². The molecule has 0 saturated carbocycles. The van der Waals surface area contributed by atoms with E-state index in [0.29, 0.717) is 18.8 Å². The highest BCUT2D eigenvalue weighted by atomic mass is 16.6. The van der Waals surface area contributed by atoms with Gasteiger partial charge in [-0.25, -0.2) is 0 Å². The van der Waals surface area contributed by atoms with Crippen LogP contribution in [0.3, 0.4) is 0 Å². The summed E-state index contributed by atoms with van der Waals surface area (Å²) in [5, 5.41) is 24.1. The lowest BCUT2D eigenvalue weighted by Crippen LogP contribution is -2.41. The summed E-state index contributed by atoms with van der Waals surface area (Å²) < 4.78 is 0. The zero-order valence-electron chi connectivity index (χ0n) is 12.6. The van der Waals surface area contributed by atoms with Crippen molar-refractivity contribution < 1.29 is 10.0 Å². The first-order valence-electron chi connectivity index (χ1n) is 7.43. The fourth-order valence-electron chi connectivity index (χ4n) is 2.86. The predicted molar refractivity (Wildman–Crippen MR) is 82.3 cm³/mol. The van der Waals surface area contributed by atoms with E-state index in [1.54, 1.807) is 6.07 Å². The molecular formula is C15H23N3O3. The van der Waals surface area contributed by atoms with Gasteiger partial charge in [-0.2, -0.15) is 0 Å². The summed E-state index contributed by atoms with van der Waals surface area (Å²) in [6.07, 6.45) is 0.520. The molecule has 116 valence electrons. The summed E-state index contributed by atoms with van der Waals surface area (Å²) in [6.45, 7) is 6.92. The molecule has 2 rings (SSSR count). The van der Waals surface area contributed by atoms with Gasteiger partial charge < -0.3 is 10.4 Å². The van der Waals surface area contributed by atoms with Crippen LogP contribution in [0.5, 0.6) is 0 Å². The molecule has 1 aromatic carbocycles. The van der Waals surface area contributed by atoms with Crippen molar-refractivity contribution >= 4 is 11.4 Å². The molecule has 21 heavy (non-hydrogen) atoms. The largest absolute Gasteiger partial charge is 0.393 e. The average molecular weight is 293 g/mol. The molecular weight excluding hydrogens is 270 g/mol. The summed E-state index contributed by atoms with van der Waals surface area (Å²) in [6, 6.07) is 5.20. The lowest BCUT2D eigenvalue weighted by Gasteiger charge is -2.34. The minimum Gasteiger partial charge on any atom is -0.393 e. The van der Waals surface area contributed by atoms with Gasteiger partial charge in [-0.05, 0) is 24.8 Å². The number of nitrogens with zero attached hydrogens (tertiary/aromatic N) is 2. The second-order valence-electron chi connectivity index (χ2n) is 5.67. The van der Waals surface area contributed by atoms with Crippen LogP contribution in [0.25, 0.3) is 0 Å². The van der Waals surface area contributed by atoms with E-state index in [-0.39, 0.29) is 22.6 Å². The van der Waals surface area contributed by atoms with Gasteiger partial charge in [-0.1, -0.05) is 19.1 Å². The van der Waals surface area contributed by atoms with Crippen LogP contribution >= 0.6 is 0 Å². The molecule has 2 N–H and O–H groups in total. The number of anilines is 1. The summed E-state index contributed by atoms with van der Waals surface area (Å²) in [5.41, 5.74) is 1.68. The molecule has 1 aliphatic heterocycles. The standard InChI is InChI=1S/C15H23N3O3/c1-3-16-15-12(5-4-6-13(15)18(20)21)10-17-8-7-14(19)11(2)9-17/h4-6,11,14,16,19H,3,7-10H2,1-2H3. The molecule has 0 aromatic heterocycles. The second-order valence-corrected chi connectivity index (χ2v) is 5.67. The Hall–Kier alpha value is -1.66. The van der Waals surface area contributed by atoms with Gasteiger partial charge in [0.15, 0.2) is 0 Å². The van der Waals surface area contributed by atoms with Crippen molar-refractivity contribution in [3.63, 3.8) is 0 Å². The molecule has 1 heterocycles. The van der Waals surface area contributed by atoms with Crippen LogP contribution in [-0.2, 0) is 6.54 Å². The molecule has 2 unspecified atom stereocenters. The first kappa shape index (κ1) is 15.7. The van der Waals surface area contributed by atoms with Gasteiger partial charge >= 0.3 is 0 Å². The van der Waals surface area contributed by atoms with Crippen molar-refractivity contribution in [2.75, 3.05) is 25.0 Å². The summed E-state index contributed by atoms with van der Waals surface area (Å²) in [4.78, 5) is 13.1. The summed E-state index contributed by atoms with van der Waals surface area (Å²) in [7, 11) is 0. The maximum Gasteiger partial charge on any atom is 0.292 e. The van der Waals surface area contributed by atoms with Crippen LogP contribution in [0.15, 0.2) is 18.2 Å².